The second-order valence-electron chi connectivity index (χ2n) is 12.2. The molecule has 5 aromatic carbocycles. The van der Waals surface area contributed by atoms with E-state index in [1.165, 1.54) is 47.4 Å². The third kappa shape index (κ3) is 9.30. The maximum Gasteiger partial charge on any atom is 0.332 e. The van der Waals surface area contributed by atoms with Gasteiger partial charge in [-0.3, -0.25) is 24.4 Å². The number of aromatic hydroxyl groups is 1. The zero-order valence-electron chi connectivity index (χ0n) is 30.4. The number of fused-ring (bicyclic) bond motifs is 1. The summed E-state index contributed by atoms with van der Waals surface area (Å²) in [6, 6.07) is 15.3. The van der Waals surface area contributed by atoms with Gasteiger partial charge in [0.1, 0.15) is 31.9 Å². The molecule has 0 aromatic heterocycles. The number of sulfonamides is 2. The molecule has 0 saturated heterocycles. The number of azo groups is 1. The molecular formula is C34H31FN6O13S4. The Balaban J connectivity index is 1.75. The van der Waals surface area contributed by atoms with Gasteiger partial charge in [-0.1, -0.05) is 12.1 Å². The minimum atomic E-state index is -5.39. The zero-order chi connectivity index (χ0) is 43.0. The minimum absolute atomic E-state index is 0.00185. The van der Waals surface area contributed by atoms with Crippen LogP contribution in [0.4, 0.5) is 38.0 Å². The molecule has 0 fully saturated rings. The average Bonchev–Trinajstić information content (AvgIpc) is 3.13. The molecule has 306 valence electrons. The number of hydrogen-bond donors (Lipinski definition) is 3. The van der Waals surface area contributed by atoms with Crippen LogP contribution in [0.25, 0.3) is 10.8 Å². The van der Waals surface area contributed by atoms with E-state index >= 15 is 0 Å². The number of sulfone groups is 1. The van der Waals surface area contributed by atoms with Crippen LogP contribution >= 0.6 is 0 Å². The van der Waals surface area contributed by atoms with Crippen molar-refractivity contribution in [3.05, 3.63) is 101 Å². The lowest BCUT2D eigenvalue weighted by Crippen LogP contribution is -2.30. The normalized spacial score (nSPS) is 12.4. The molecule has 0 saturated carbocycles. The summed E-state index contributed by atoms with van der Waals surface area (Å²) >= 11 is 0. The Morgan fingerprint density at radius 2 is 1.52 bits per heavy atom. The summed E-state index contributed by atoms with van der Waals surface area (Å²) in [5.74, 6) is -1.92. The maximum absolute atomic E-state index is 14.2. The van der Waals surface area contributed by atoms with Crippen molar-refractivity contribution in [2.75, 3.05) is 40.5 Å². The van der Waals surface area contributed by atoms with Crippen LogP contribution in [0.1, 0.15) is 17.3 Å². The van der Waals surface area contributed by atoms with Crippen molar-refractivity contribution >= 4 is 90.9 Å². The van der Waals surface area contributed by atoms with Crippen molar-refractivity contribution in [3.63, 3.8) is 0 Å². The number of halogens is 1. The van der Waals surface area contributed by atoms with Crippen molar-refractivity contribution in [3.8, 4) is 11.5 Å². The number of nitro benzene ring substituents is 1. The van der Waals surface area contributed by atoms with Gasteiger partial charge in [-0.2, -0.15) is 8.42 Å². The fourth-order valence-electron chi connectivity index (χ4n) is 5.61. The topological polar surface area (TPSA) is 278 Å². The molecule has 58 heavy (non-hydrogen) atoms. The van der Waals surface area contributed by atoms with Gasteiger partial charge >= 0.3 is 10.2 Å². The number of hydrogen-bond acceptors (Lipinski definition) is 15. The number of ether oxygens (including phenoxy) is 1. The van der Waals surface area contributed by atoms with Crippen LogP contribution in [-0.2, 0) is 40.1 Å². The lowest BCUT2D eigenvalue weighted by Gasteiger charge is -2.23. The lowest BCUT2D eigenvalue weighted by molar-refractivity contribution is -0.385. The monoisotopic (exact) mass is 878 g/mol. The number of anilines is 3. The van der Waals surface area contributed by atoms with Gasteiger partial charge in [0.05, 0.1) is 35.2 Å². The maximum atomic E-state index is 14.2. The lowest BCUT2D eigenvalue weighted by atomic mass is 10.0. The standard InChI is InChI=1S/C34H31FN6O13S4/c1-5-40(21-11-9-20(10-12-21)38-56(4,48)49)34(43)25-19-28(37-36-26-15-13-22(41(44)45)17-30(26)55(3,46)47)32-24(33(25)42)7-6-8-27(32)39-58(52,53)31-18-23(57(35,50)51)14-16-29(31)54-2/h6-19,38-39,42H,5H2,1-4H3. The van der Waals surface area contributed by atoms with Crippen molar-refractivity contribution in [2.24, 2.45) is 10.2 Å². The van der Waals surface area contributed by atoms with E-state index in [4.69, 9.17) is 4.74 Å². The Morgan fingerprint density at radius 3 is 2.09 bits per heavy atom. The summed E-state index contributed by atoms with van der Waals surface area (Å²) in [7, 11) is -17.0. The first-order chi connectivity index (χ1) is 26.9. The molecule has 0 radical (unpaired) electrons. The van der Waals surface area contributed by atoms with Gasteiger partial charge in [0.2, 0.25) is 10.0 Å². The molecule has 0 heterocycles. The number of carbonyl (C=O) groups is 1. The van der Waals surface area contributed by atoms with E-state index in [1.807, 2.05) is 0 Å². The molecule has 0 unspecified atom stereocenters. The fraction of sp³-hybridized carbons (Fsp3) is 0.147. The van der Waals surface area contributed by atoms with Crippen LogP contribution in [0.5, 0.6) is 11.5 Å². The van der Waals surface area contributed by atoms with Crippen LogP contribution in [-0.4, -0.2) is 75.8 Å². The van der Waals surface area contributed by atoms with Crippen molar-refractivity contribution < 1.29 is 57.1 Å². The first-order valence-corrected chi connectivity index (χ1v) is 22.8. The Labute approximate surface area is 331 Å². The predicted octanol–water partition coefficient (Wildman–Crippen LogP) is 5.78. The number of non-ortho nitro benzene ring substituents is 1. The summed E-state index contributed by atoms with van der Waals surface area (Å²) < 4.78 is 123. The van der Waals surface area contributed by atoms with Crippen molar-refractivity contribution in [1.29, 1.82) is 0 Å². The number of nitrogens with one attached hydrogen (secondary N) is 2. The largest absolute Gasteiger partial charge is 0.506 e. The minimum Gasteiger partial charge on any atom is -0.506 e. The number of amides is 1. The van der Waals surface area contributed by atoms with Crippen LogP contribution in [0.2, 0.25) is 0 Å². The molecule has 0 bridgehead atoms. The van der Waals surface area contributed by atoms with Gasteiger partial charge in [-0.25, -0.2) is 25.3 Å². The average molecular weight is 879 g/mol. The smallest absolute Gasteiger partial charge is 0.332 e. The number of methoxy groups -OCH3 is 1. The molecule has 0 spiro atoms. The highest BCUT2D eigenvalue weighted by Crippen LogP contribution is 2.43. The van der Waals surface area contributed by atoms with Gasteiger partial charge < -0.3 is 14.7 Å². The number of nitro groups is 1. The molecule has 0 aliphatic rings. The highest BCUT2D eigenvalue weighted by Gasteiger charge is 2.28. The highest BCUT2D eigenvalue weighted by molar-refractivity contribution is 7.93. The Bertz CT molecular complexity index is 2980. The number of benzene rings is 5. The molecule has 0 aliphatic carbocycles. The molecule has 0 atom stereocenters. The summed E-state index contributed by atoms with van der Waals surface area (Å²) in [5, 5.41) is 30.8. The van der Waals surface area contributed by atoms with E-state index < -0.39 is 88.3 Å². The number of phenols is 1. The van der Waals surface area contributed by atoms with Gasteiger partial charge in [-0.05, 0) is 67.6 Å². The molecule has 1 amide bonds. The number of carbonyl (C=O) groups excluding carboxylic acids is 1. The third-order valence-corrected chi connectivity index (χ3v) is 12.1. The van der Waals surface area contributed by atoms with Gasteiger partial charge in [0.25, 0.3) is 21.6 Å². The summed E-state index contributed by atoms with van der Waals surface area (Å²) in [6.45, 7) is 1.60. The Hall–Kier alpha value is -6.24. The molecular weight excluding hydrogens is 848 g/mol. The Kier molecular flexibility index (Phi) is 11.8. The molecule has 5 rings (SSSR count). The molecule has 19 nitrogen and oxygen atoms in total. The number of nitrogens with zero attached hydrogens (tertiary/aromatic N) is 4. The second kappa shape index (κ2) is 16.0. The molecule has 0 aliphatic heterocycles. The van der Waals surface area contributed by atoms with Crippen LogP contribution in [0, 0.1) is 10.1 Å². The number of rotatable bonds is 14. The van der Waals surface area contributed by atoms with Crippen molar-refractivity contribution in [1.82, 2.24) is 0 Å². The first kappa shape index (κ1) is 42.9. The summed E-state index contributed by atoms with van der Waals surface area (Å²) in [5.41, 5.74) is -1.67. The fourth-order valence-corrected chi connectivity index (χ4v) is 8.83. The zero-order valence-corrected chi connectivity index (χ0v) is 33.7. The SMILES string of the molecule is CCN(C(=O)c1cc(N=Nc2ccc([N+](=O)[O-])cc2S(C)(=O)=O)c2c(NS(=O)(=O)c3cc(S(=O)(=O)F)ccc3OC)cccc2c1O)c1ccc(NS(C)(=O)=O)cc1. The molecule has 24 heteroatoms. The second-order valence-corrected chi connectivity index (χ2v) is 19.0. The van der Waals surface area contributed by atoms with E-state index in [9.17, 15) is 57.6 Å². The van der Waals surface area contributed by atoms with E-state index in [0.717, 1.165) is 56.0 Å². The van der Waals surface area contributed by atoms with E-state index in [2.05, 4.69) is 19.7 Å². The third-order valence-electron chi connectivity index (χ3n) is 8.16. The van der Waals surface area contributed by atoms with Gasteiger partial charge in [-0.15, -0.1) is 14.1 Å². The highest BCUT2D eigenvalue weighted by atomic mass is 32.3. The van der Waals surface area contributed by atoms with E-state index in [-0.39, 0.29) is 45.8 Å². The Morgan fingerprint density at radius 1 is 0.862 bits per heavy atom. The first-order valence-electron chi connectivity index (χ1n) is 16.2. The van der Waals surface area contributed by atoms with E-state index in [0.29, 0.717) is 6.07 Å². The van der Waals surface area contributed by atoms with Crippen LogP contribution < -0.4 is 19.1 Å². The van der Waals surface area contributed by atoms with Crippen molar-refractivity contribution in [2.45, 2.75) is 21.6 Å². The summed E-state index contributed by atoms with van der Waals surface area (Å²) in [4.78, 5) is 23.6. The molecule has 5 aromatic rings. The van der Waals surface area contributed by atoms with Crippen LogP contribution in [0.15, 0.2) is 110 Å². The number of phenolic OH excluding ortho intramolecular Hbond substituents is 1. The quantitative estimate of drug-likeness (QED) is 0.0517. The predicted molar refractivity (Wildman–Crippen MR) is 210 cm³/mol. The van der Waals surface area contributed by atoms with Gasteiger partial charge in [0.15, 0.2) is 9.84 Å². The van der Waals surface area contributed by atoms with Crippen LogP contribution in [0.3, 0.4) is 0 Å². The summed E-state index contributed by atoms with van der Waals surface area (Å²) in [6.07, 6.45) is 1.72. The van der Waals surface area contributed by atoms with E-state index in [1.54, 1.807) is 6.92 Å². The molecule has 3 N–H and O–H groups in total. The van der Waals surface area contributed by atoms with Gasteiger partial charge in [0, 0.05) is 47.1 Å².